The predicted octanol–water partition coefficient (Wildman–Crippen LogP) is 0.844. The second-order valence-corrected chi connectivity index (χ2v) is 4.29. The molecule has 0 aliphatic carbocycles. The van der Waals surface area contributed by atoms with Crippen molar-refractivity contribution in [3.8, 4) is 0 Å². The first-order chi connectivity index (χ1) is 6.18. The molecule has 1 rings (SSSR count). The predicted molar refractivity (Wildman–Crippen MR) is 53.3 cm³/mol. The van der Waals surface area contributed by atoms with Gasteiger partial charge < -0.3 is 5.73 Å². The van der Waals surface area contributed by atoms with Crippen molar-refractivity contribution in [3.63, 3.8) is 0 Å². The molecule has 3 nitrogen and oxygen atoms in total. The van der Waals surface area contributed by atoms with Gasteiger partial charge in [0.1, 0.15) is 0 Å². The van der Waals surface area contributed by atoms with Crippen molar-refractivity contribution >= 4 is 16.7 Å². The third-order valence-electron chi connectivity index (χ3n) is 1.76. The van der Waals surface area contributed by atoms with E-state index in [0.717, 1.165) is 18.4 Å². The Morgan fingerprint density at radius 2 is 2.38 bits per heavy atom. The standard InChI is InChI=1S/C9H13NO2S/c10-9(11)5-1-3-8-4-2-6-13(12)7-8/h2,4,7H,1,3,5-6H2,(H2,10,11). The number of primary amides is 1. The molecule has 1 atom stereocenters. The van der Waals surface area contributed by atoms with Gasteiger partial charge in [0.05, 0.1) is 0 Å². The number of carbonyl (C=O) groups excluding carboxylic acids is 1. The van der Waals surface area contributed by atoms with Crippen LogP contribution >= 0.6 is 0 Å². The highest BCUT2D eigenvalue weighted by molar-refractivity contribution is 7.88. The maximum Gasteiger partial charge on any atom is 0.217 e. The summed E-state index contributed by atoms with van der Waals surface area (Å²) >= 11 is 0. The summed E-state index contributed by atoms with van der Waals surface area (Å²) in [6.45, 7) is 0. The fourth-order valence-electron chi connectivity index (χ4n) is 1.16. The Morgan fingerprint density at radius 3 is 3.00 bits per heavy atom. The molecule has 0 aromatic carbocycles. The lowest BCUT2D eigenvalue weighted by atomic mass is 10.1. The van der Waals surface area contributed by atoms with E-state index in [-0.39, 0.29) is 5.91 Å². The molecule has 1 aliphatic rings. The van der Waals surface area contributed by atoms with Gasteiger partial charge in [-0.25, -0.2) is 0 Å². The summed E-state index contributed by atoms with van der Waals surface area (Å²) in [5.41, 5.74) is 6.05. The van der Waals surface area contributed by atoms with Crippen LogP contribution in [0.15, 0.2) is 23.1 Å². The Bertz CT molecular complexity index is 281. The molecule has 2 N–H and O–H groups in total. The number of hydrogen-bond donors (Lipinski definition) is 1. The van der Waals surface area contributed by atoms with Crippen LogP contribution in [0.1, 0.15) is 19.3 Å². The summed E-state index contributed by atoms with van der Waals surface area (Å²) in [6.07, 6.45) is 5.78. The van der Waals surface area contributed by atoms with Crippen LogP contribution in [-0.4, -0.2) is 15.9 Å². The number of allylic oxidation sites excluding steroid dienone is 2. The van der Waals surface area contributed by atoms with E-state index in [4.69, 9.17) is 5.73 Å². The second-order valence-electron chi connectivity index (χ2n) is 2.96. The molecule has 72 valence electrons. The van der Waals surface area contributed by atoms with Crippen LogP contribution in [0.2, 0.25) is 0 Å². The van der Waals surface area contributed by atoms with Crippen molar-refractivity contribution in [1.82, 2.24) is 0 Å². The molecule has 13 heavy (non-hydrogen) atoms. The lowest BCUT2D eigenvalue weighted by Crippen LogP contribution is -2.09. The van der Waals surface area contributed by atoms with Crippen molar-refractivity contribution in [2.24, 2.45) is 5.73 Å². The summed E-state index contributed by atoms with van der Waals surface area (Å²) in [5, 5.41) is 1.75. The Hall–Kier alpha value is -0.900. The zero-order valence-corrected chi connectivity index (χ0v) is 8.18. The van der Waals surface area contributed by atoms with Crippen LogP contribution in [-0.2, 0) is 15.6 Å². The molecule has 0 radical (unpaired) electrons. The summed E-state index contributed by atoms with van der Waals surface area (Å²) in [7, 11) is -0.849. The van der Waals surface area contributed by atoms with Crippen molar-refractivity contribution in [2.75, 3.05) is 5.75 Å². The molecule has 0 aromatic rings. The Kier molecular flexibility index (Phi) is 3.89. The van der Waals surface area contributed by atoms with Crippen LogP contribution in [0.5, 0.6) is 0 Å². The molecule has 0 spiro atoms. The van der Waals surface area contributed by atoms with E-state index in [1.807, 2.05) is 12.2 Å². The van der Waals surface area contributed by atoms with Gasteiger partial charge >= 0.3 is 0 Å². The van der Waals surface area contributed by atoms with E-state index in [1.54, 1.807) is 5.41 Å². The monoisotopic (exact) mass is 199 g/mol. The molecular weight excluding hydrogens is 186 g/mol. The van der Waals surface area contributed by atoms with Crippen molar-refractivity contribution in [2.45, 2.75) is 19.3 Å². The first-order valence-electron chi connectivity index (χ1n) is 4.21. The molecule has 0 saturated heterocycles. The fraction of sp³-hybridized carbons (Fsp3) is 0.444. The zero-order valence-electron chi connectivity index (χ0n) is 7.36. The smallest absolute Gasteiger partial charge is 0.217 e. The molecule has 1 heterocycles. The number of amides is 1. The maximum atomic E-state index is 11.1. The molecule has 0 aromatic heterocycles. The van der Waals surface area contributed by atoms with E-state index in [2.05, 4.69) is 0 Å². The Balaban J connectivity index is 2.32. The topological polar surface area (TPSA) is 60.2 Å². The highest BCUT2D eigenvalue weighted by Crippen LogP contribution is 2.13. The van der Waals surface area contributed by atoms with Gasteiger partial charge in [-0.2, -0.15) is 0 Å². The van der Waals surface area contributed by atoms with E-state index in [9.17, 15) is 9.00 Å². The van der Waals surface area contributed by atoms with Crippen LogP contribution in [0.3, 0.4) is 0 Å². The third kappa shape index (κ3) is 4.03. The zero-order chi connectivity index (χ0) is 9.68. The summed E-state index contributed by atoms with van der Waals surface area (Å²) in [6, 6.07) is 0. The van der Waals surface area contributed by atoms with Gasteiger partial charge in [0.15, 0.2) is 0 Å². The van der Waals surface area contributed by atoms with E-state index in [0.29, 0.717) is 12.2 Å². The Labute approximate surface area is 80.1 Å². The minimum atomic E-state index is -0.849. The lowest BCUT2D eigenvalue weighted by Gasteiger charge is -2.05. The van der Waals surface area contributed by atoms with Gasteiger partial charge in [-0.15, -0.1) is 0 Å². The van der Waals surface area contributed by atoms with Gasteiger partial charge in [0.2, 0.25) is 5.91 Å². The van der Waals surface area contributed by atoms with E-state index < -0.39 is 10.8 Å². The molecular formula is C9H13NO2S. The highest BCUT2D eigenvalue weighted by Gasteiger charge is 2.03. The minimum Gasteiger partial charge on any atom is -0.370 e. The van der Waals surface area contributed by atoms with Gasteiger partial charge in [0.25, 0.3) is 0 Å². The van der Waals surface area contributed by atoms with E-state index in [1.165, 1.54) is 0 Å². The van der Waals surface area contributed by atoms with Crippen molar-refractivity contribution in [3.05, 3.63) is 23.1 Å². The second kappa shape index (κ2) is 4.97. The molecule has 1 amide bonds. The van der Waals surface area contributed by atoms with Crippen molar-refractivity contribution in [1.29, 1.82) is 0 Å². The third-order valence-corrected chi connectivity index (χ3v) is 2.85. The Morgan fingerprint density at radius 1 is 1.62 bits per heavy atom. The summed E-state index contributed by atoms with van der Waals surface area (Å²) in [5.74, 6) is 0.334. The first-order valence-corrected chi connectivity index (χ1v) is 5.59. The largest absolute Gasteiger partial charge is 0.370 e. The van der Waals surface area contributed by atoms with Gasteiger partial charge in [-0.05, 0) is 18.4 Å². The SMILES string of the molecule is NC(=O)CCCC1=CS(=O)CC=C1. The normalized spacial score (nSPS) is 21.2. The highest BCUT2D eigenvalue weighted by atomic mass is 32.2. The van der Waals surface area contributed by atoms with Crippen LogP contribution in [0, 0.1) is 0 Å². The fourth-order valence-corrected chi connectivity index (χ4v) is 2.08. The minimum absolute atomic E-state index is 0.276. The van der Waals surface area contributed by atoms with Gasteiger partial charge in [-0.3, -0.25) is 9.00 Å². The molecule has 0 fully saturated rings. The number of carbonyl (C=O) groups is 1. The number of nitrogens with two attached hydrogens (primary N) is 1. The van der Waals surface area contributed by atoms with Crippen LogP contribution < -0.4 is 5.73 Å². The average molecular weight is 199 g/mol. The summed E-state index contributed by atoms with van der Waals surface area (Å²) in [4.78, 5) is 10.4. The molecule has 0 saturated carbocycles. The molecule has 1 aliphatic heterocycles. The number of rotatable bonds is 4. The number of hydrogen-bond acceptors (Lipinski definition) is 2. The first kappa shape index (κ1) is 10.2. The average Bonchev–Trinajstić information content (AvgIpc) is 2.03. The maximum absolute atomic E-state index is 11.1. The molecule has 4 heteroatoms. The van der Waals surface area contributed by atoms with E-state index >= 15 is 0 Å². The van der Waals surface area contributed by atoms with Gasteiger partial charge in [-0.1, -0.05) is 12.2 Å². The van der Waals surface area contributed by atoms with Crippen LogP contribution in [0.25, 0.3) is 0 Å². The van der Waals surface area contributed by atoms with Gasteiger partial charge in [0, 0.05) is 28.4 Å². The molecule has 1 unspecified atom stereocenters. The van der Waals surface area contributed by atoms with Crippen molar-refractivity contribution < 1.29 is 9.00 Å². The lowest BCUT2D eigenvalue weighted by molar-refractivity contribution is -0.118. The van der Waals surface area contributed by atoms with Crippen LogP contribution in [0.4, 0.5) is 0 Å². The molecule has 0 bridgehead atoms. The quantitative estimate of drug-likeness (QED) is 0.729. The summed E-state index contributed by atoms with van der Waals surface area (Å²) < 4.78 is 11.1.